The maximum absolute atomic E-state index is 4.86. The Hall–Kier alpha value is -0.0613. The van der Waals surface area contributed by atoms with E-state index in [4.69, 9.17) is 14.2 Å². The van der Waals surface area contributed by atoms with Gasteiger partial charge in [-0.1, -0.05) is 0 Å². The van der Waals surface area contributed by atoms with Crippen molar-refractivity contribution in [3.63, 3.8) is 0 Å². The van der Waals surface area contributed by atoms with Crippen LogP contribution in [0, 0.1) is 0 Å². The zero-order valence-electron chi connectivity index (χ0n) is 5.72. The Morgan fingerprint density at radius 2 is 1.44 bits per heavy atom. The van der Waals surface area contributed by atoms with E-state index < -0.39 is 0 Å². The molecule has 0 fully saturated rings. The molecule has 4 heteroatoms. The minimum absolute atomic E-state index is 0.454. The predicted molar refractivity (Wildman–Crippen MR) is 33.8 cm³/mol. The molecular weight excluding hydrogens is 227 g/mol. The third kappa shape index (κ3) is 2.83. The van der Waals surface area contributed by atoms with Gasteiger partial charge in [-0.2, -0.15) is 0 Å². The van der Waals surface area contributed by atoms with Gasteiger partial charge in [0.05, 0.1) is 0 Å². The van der Waals surface area contributed by atoms with Crippen molar-refractivity contribution in [1.29, 1.82) is 0 Å². The molecule has 0 aliphatic rings. The van der Waals surface area contributed by atoms with Crippen LogP contribution in [0.4, 0.5) is 0 Å². The molecule has 3 radical (unpaired) electrons. The summed E-state index contributed by atoms with van der Waals surface area (Å²) < 4.78 is 15.2. The second kappa shape index (κ2) is 4.78. The maximum atomic E-state index is 4.86. The van der Waals surface area contributed by atoms with Crippen molar-refractivity contribution in [1.82, 2.24) is 0 Å². The normalized spacial score (nSPS) is 8.00. The van der Waals surface area contributed by atoms with Gasteiger partial charge in [0.25, 0.3) is 0 Å². The van der Waals surface area contributed by atoms with Crippen molar-refractivity contribution < 1.29 is 14.2 Å². The Kier molecular flexibility index (Phi) is 4.75. The van der Waals surface area contributed by atoms with Crippen molar-refractivity contribution in [3.8, 4) is 0 Å². The fourth-order valence-corrected chi connectivity index (χ4v) is 0.935. The first kappa shape index (κ1) is 8.94. The van der Waals surface area contributed by atoms with E-state index in [2.05, 4.69) is 0 Å². The summed E-state index contributed by atoms with van der Waals surface area (Å²) in [6, 6.07) is 0. The van der Waals surface area contributed by atoms with E-state index >= 15 is 0 Å². The van der Waals surface area contributed by atoms with Crippen LogP contribution in [-0.4, -0.2) is 43.9 Å². The average Bonchev–Trinajstić information content (AvgIpc) is 1.90. The Morgan fingerprint density at radius 1 is 1.00 bits per heavy atom. The van der Waals surface area contributed by atoms with E-state index in [1.54, 1.807) is 21.3 Å². The van der Waals surface area contributed by atoms with Crippen molar-refractivity contribution in [2.45, 2.75) is 0 Å². The van der Waals surface area contributed by atoms with Crippen molar-refractivity contribution in [2.24, 2.45) is 0 Å². The van der Waals surface area contributed by atoms with Gasteiger partial charge in [0, 0.05) is 0 Å². The first-order valence-corrected chi connectivity index (χ1v) is 3.76. The second-order valence-corrected chi connectivity index (χ2v) is 2.53. The van der Waals surface area contributed by atoms with E-state index in [1.165, 1.54) is 0 Å². The van der Waals surface area contributed by atoms with E-state index in [0.29, 0.717) is 5.95 Å². The van der Waals surface area contributed by atoms with Crippen LogP contribution in [0.3, 0.4) is 0 Å². The van der Waals surface area contributed by atoms with Gasteiger partial charge in [0.15, 0.2) is 0 Å². The van der Waals surface area contributed by atoms with Crippen molar-refractivity contribution in [3.05, 3.63) is 9.72 Å². The zero-order chi connectivity index (χ0) is 7.28. The molecule has 9 heavy (non-hydrogen) atoms. The topological polar surface area (TPSA) is 27.7 Å². The van der Waals surface area contributed by atoms with Gasteiger partial charge in [0.2, 0.25) is 0 Å². The summed E-state index contributed by atoms with van der Waals surface area (Å²) in [5, 5.41) is 0. The van der Waals surface area contributed by atoms with Crippen molar-refractivity contribution >= 4 is 22.5 Å². The van der Waals surface area contributed by atoms with Gasteiger partial charge >= 0.3 is 67.8 Å². The molecule has 0 aromatic carbocycles. The summed E-state index contributed by atoms with van der Waals surface area (Å²) in [6.45, 7) is 0. The van der Waals surface area contributed by atoms with Crippen molar-refractivity contribution in [2.75, 3.05) is 21.3 Å². The molecule has 51 valence electrons. The molecular formula is C5H9O3Sn. The van der Waals surface area contributed by atoms with Gasteiger partial charge < -0.3 is 0 Å². The number of hydrogen-bond acceptors (Lipinski definition) is 3. The number of methoxy groups -OCH3 is 3. The first-order chi connectivity index (χ1) is 4.26. The van der Waals surface area contributed by atoms with Gasteiger partial charge in [-0.3, -0.25) is 0 Å². The Bertz CT molecular complexity index is 105. The third-order valence-electron chi connectivity index (χ3n) is 0.760. The molecule has 0 unspecified atom stereocenters. The third-order valence-corrected chi connectivity index (χ3v) is 1.93. The molecule has 3 nitrogen and oxygen atoms in total. The number of rotatable bonds is 3. The van der Waals surface area contributed by atoms with Crippen LogP contribution < -0.4 is 0 Å². The van der Waals surface area contributed by atoms with E-state index in [1.807, 2.05) is 0 Å². The predicted octanol–water partition coefficient (Wildman–Crippen LogP) is 0.221. The number of hydrogen-bond donors (Lipinski definition) is 0. The van der Waals surface area contributed by atoms with Crippen LogP contribution in [0.15, 0.2) is 9.72 Å². The van der Waals surface area contributed by atoms with Crippen LogP contribution in [0.2, 0.25) is 0 Å². The van der Waals surface area contributed by atoms with Crippen LogP contribution >= 0.6 is 0 Å². The molecule has 0 aliphatic carbocycles. The molecule has 0 N–H and O–H groups in total. The van der Waals surface area contributed by atoms with Gasteiger partial charge in [-0.05, 0) is 0 Å². The molecule has 0 spiro atoms. The molecule has 0 bridgehead atoms. The van der Waals surface area contributed by atoms with E-state index in [9.17, 15) is 0 Å². The van der Waals surface area contributed by atoms with E-state index in [-0.39, 0.29) is 0 Å². The first-order valence-electron chi connectivity index (χ1n) is 2.34. The van der Waals surface area contributed by atoms with Crippen LogP contribution in [0.1, 0.15) is 0 Å². The van der Waals surface area contributed by atoms with Gasteiger partial charge in [-0.25, -0.2) is 0 Å². The summed E-state index contributed by atoms with van der Waals surface area (Å²) in [5.74, 6) is 0.454. The quantitative estimate of drug-likeness (QED) is 0.518. The summed E-state index contributed by atoms with van der Waals surface area (Å²) in [6.07, 6.45) is 0. The fourth-order valence-electron chi connectivity index (χ4n) is 0.352. The van der Waals surface area contributed by atoms with Crippen LogP contribution in [-0.2, 0) is 14.2 Å². The molecule has 0 saturated heterocycles. The number of ether oxygens (including phenoxy) is 3. The van der Waals surface area contributed by atoms with Crippen LogP contribution in [0.25, 0.3) is 0 Å². The van der Waals surface area contributed by atoms with Gasteiger partial charge in [0.1, 0.15) is 0 Å². The average molecular weight is 236 g/mol. The molecule has 0 rings (SSSR count). The van der Waals surface area contributed by atoms with Crippen LogP contribution in [0.5, 0.6) is 0 Å². The SMILES string of the molecule is CO[C]([Sn])=C(OC)OC. The molecule has 0 atom stereocenters. The monoisotopic (exact) mass is 237 g/mol. The summed E-state index contributed by atoms with van der Waals surface area (Å²) in [5.41, 5.74) is 0. The minimum atomic E-state index is 0.454. The Balaban J connectivity index is 4.01. The Morgan fingerprint density at radius 3 is 1.56 bits per heavy atom. The molecule has 0 aromatic heterocycles. The summed E-state index contributed by atoms with van der Waals surface area (Å²) in [4.78, 5) is 0. The van der Waals surface area contributed by atoms with E-state index in [0.717, 1.165) is 26.3 Å². The summed E-state index contributed by atoms with van der Waals surface area (Å²) >= 11 is 1.14. The standard InChI is InChI=1S/C5H9O3.Sn/c1-6-4-5(7-2)8-3;/h1-3H3;. The molecule has 0 aliphatic heterocycles. The molecule has 0 aromatic rings. The van der Waals surface area contributed by atoms with Gasteiger partial charge in [-0.15, -0.1) is 0 Å². The molecule has 0 amide bonds. The summed E-state index contributed by atoms with van der Waals surface area (Å²) in [7, 11) is 4.67. The molecule has 0 saturated carbocycles. The second-order valence-electron chi connectivity index (χ2n) is 1.23. The Labute approximate surface area is 68.1 Å². The fraction of sp³-hybridized carbons (Fsp3) is 0.600. The molecule has 0 heterocycles. The zero-order valence-corrected chi connectivity index (χ0v) is 8.58.